The molecule has 8 heteroatoms. The zero-order valence-corrected chi connectivity index (χ0v) is 9.49. The molecule has 0 amide bonds. The van der Waals surface area contributed by atoms with E-state index in [1.807, 2.05) is 0 Å². The molecule has 0 aliphatic carbocycles. The van der Waals surface area contributed by atoms with Crippen molar-refractivity contribution < 1.29 is 22.5 Å². The Balaban J connectivity index is 2.38. The standard InChI is InChI=1S/C8H12N2O5S/c1-14-8(11)3-2-4-16(12,13)10-7-5-9-15-6-7/h5-6,10H,2-4H2,1H3. The third-order valence-electron chi connectivity index (χ3n) is 1.73. The summed E-state index contributed by atoms with van der Waals surface area (Å²) in [5.41, 5.74) is 0.262. The highest BCUT2D eigenvalue weighted by Gasteiger charge is 2.12. The third kappa shape index (κ3) is 4.30. The van der Waals surface area contributed by atoms with Crippen LogP contribution in [0.1, 0.15) is 12.8 Å². The Kier molecular flexibility index (Phi) is 4.29. The molecule has 0 bridgehead atoms. The van der Waals surface area contributed by atoms with Crippen LogP contribution in [0.5, 0.6) is 0 Å². The minimum Gasteiger partial charge on any atom is -0.469 e. The fourth-order valence-electron chi connectivity index (χ4n) is 0.994. The molecule has 1 heterocycles. The summed E-state index contributed by atoms with van der Waals surface area (Å²) < 4.78 is 34.0. The van der Waals surface area contributed by atoms with E-state index >= 15 is 0 Å². The van der Waals surface area contributed by atoms with E-state index in [1.54, 1.807) is 0 Å². The first-order chi connectivity index (χ1) is 7.53. The van der Waals surface area contributed by atoms with Crippen molar-refractivity contribution in [2.24, 2.45) is 0 Å². The molecule has 90 valence electrons. The average molecular weight is 248 g/mol. The largest absolute Gasteiger partial charge is 0.469 e. The second kappa shape index (κ2) is 5.50. The molecule has 1 N–H and O–H groups in total. The molecule has 0 unspecified atom stereocenters. The number of aromatic nitrogens is 1. The van der Waals surface area contributed by atoms with Crippen molar-refractivity contribution >= 4 is 21.7 Å². The maximum atomic E-state index is 11.4. The van der Waals surface area contributed by atoms with Gasteiger partial charge in [0.2, 0.25) is 10.0 Å². The Labute approximate surface area is 92.8 Å². The number of nitrogens with one attached hydrogen (secondary N) is 1. The van der Waals surface area contributed by atoms with Crippen LogP contribution in [-0.4, -0.2) is 32.4 Å². The molecule has 0 aliphatic heterocycles. The van der Waals surface area contributed by atoms with Gasteiger partial charge in [0, 0.05) is 6.42 Å². The van der Waals surface area contributed by atoms with Gasteiger partial charge >= 0.3 is 5.97 Å². The SMILES string of the molecule is COC(=O)CCCS(=O)(=O)Nc1cnoc1. The minimum atomic E-state index is -3.47. The Morgan fingerprint density at radius 3 is 2.94 bits per heavy atom. The number of sulfonamides is 1. The number of hydrogen-bond acceptors (Lipinski definition) is 6. The van der Waals surface area contributed by atoms with Gasteiger partial charge in [-0.15, -0.1) is 0 Å². The Bertz CT molecular complexity index is 425. The lowest BCUT2D eigenvalue weighted by molar-refractivity contribution is -0.140. The molecule has 0 aliphatic rings. The molecule has 1 rings (SSSR count). The first kappa shape index (κ1) is 12.5. The normalized spacial score (nSPS) is 11.1. The molecule has 0 saturated heterocycles. The first-order valence-electron chi connectivity index (χ1n) is 4.50. The molecular weight excluding hydrogens is 236 g/mol. The summed E-state index contributed by atoms with van der Waals surface area (Å²) in [6.07, 6.45) is 2.70. The zero-order valence-electron chi connectivity index (χ0n) is 8.67. The Morgan fingerprint density at radius 2 is 2.38 bits per heavy atom. The van der Waals surface area contributed by atoms with Gasteiger partial charge < -0.3 is 9.26 Å². The summed E-state index contributed by atoms with van der Waals surface area (Å²) in [6.45, 7) is 0. The summed E-state index contributed by atoms with van der Waals surface area (Å²) in [5, 5.41) is 3.35. The van der Waals surface area contributed by atoms with Crippen LogP contribution < -0.4 is 4.72 Å². The minimum absolute atomic E-state index is 0.0705. The van der Waals surface area contributed by atoms with Crippen LogP contribution in [0, 0.1) is 0 Å². The highest BCUT2D eigenvalue weighted by molar-refractivity contribution is 7.92. The van der Waals surface area contributed by atoms with Gasteiger partial charge in [0.1, 0.15) is 12.0 Å². The van der Waals surface area contributed by atoms with E-state index < -0.39 is 16.0 Å². The molecule has 0 radical (unpaired) electrons. The van der Waals surface area contributed by atoms with Crippen molar-refractivity contribution in [2.75, 3.05) is 17.6 Å². The van der Waals surface area contributed by atoms with Gasteiger partial charge in [-0.1, -0.05) is 5.16 Å². The maximum Gasteiger partial charge on any atom is 0.305 e. The van der Waals surface area contributed by atoms with Gasteiger partial charge in [-0.2, -0.15) is 0 Å². The first-order valence-corrected chi connectivity index (χ1v) is 6.15. The second-order valence-electron chi connectivity index (χ2n) is 3.01. The quantitative estimate of drug-likeness (QED) is 0.730. The van der Waals surface area contributed by atoms with Crippen LogP contribution in [0.3, 0.4) is 0 Å². The van der Waals surface area contributed by atoms with Crippen molar-refractivity contribution in [3.63, 3.8) is 0 Å². The maximum absolute atomic E-state index is 11.4. The number of hydrogen-bond donors (Lipinski definition) is 1. The van der Waals surface area contributed by atoms with Crippen molar-refractivity contribution in [2.45, 2.75) is 12.8 Å². The van der Waals surface area contributed by atoms with E-state index in [2.05, 4.69) is 19.1 Å². The van der Waals surface area contributed by atoms with Crippen LogP contribution in [0.4, 0.5) is 5.69 Å². The highest BCUT2D eigenvalue weighted by atomic mass is 32.2. The second-order valence-corrected chi connectivity index (χ2v) is 4.86. The van der Waals surface area contributed by atoms with E-state index in [-0.39, 0.29) is 24.3 Å². The van der Waals surface area contributed by atoms with Crippen molar-refractivity contribution in [1.82, 2.24) is 5.16 Å². The molecule has 0 saturated carbocycles. The number of carbonyl (C=O) groups excluding carboxylic acids is 1. The lowest BCUT2D eigenvalue weighted by Gasteiger charge is -2.04. The van der Waals surface area contributed by atoms with Crippen molar-refractivity contribution in [3.8, 4) is 0 Å². The number of anilines is 1. The van der Waals surface area contributed by atoms with Gasteiger partial charge in [0.05, 0.1) is 19.1 Å². The molecule has 1 aromatic rings. The third-order valence-corrected chi connectivity index (χ3v) is 3.10. The fraction of sp³-hybridized carbons (Fsp3) is 0.500. The topological polar surface area (TPSA) is 98.5 Å². The number of carbonyl (C=O) groups is 1. The van der Waals surface area contributed by atoms with Crippen LogP contribution >= 0.6 is 0 Å². The van der Waals surface area contributed by atoms with Crippen LogP contribution in [0.25, 0.3) is 0 Å². The van der Waals surface area contributed by atoms with E-state index in [4.69, 9.17) is 0 Å². The van der Waals surface area contributed by atoms with E-state index in [1.165, 1.54) is 19.6 Å². The molecular formula is C8H12N2O5S. The van der Waals surface area contributed by atoms with E-state index in [9.17, 15) is 13.2 Å². The van der Waals surface area contributed by atoms with Gasteiger partial charge in [-0.25, -0.2) is 8.42 Å². The Hall–Kier alpha value is -1.57. The van der Waals surface area contributed by atoms with Crippen LogP contribution in [0.2, 0.25) is 0 Å². The molecule has 0 spiro atoms. The van der Waals surface area contributed by atoms with Gasteiger partial charge in [-0.05, 0) is 6.42 Å². The molecule has 0 atom stereocenters. The number of nitrogens with zero attached hydrogens (tertiary/aromatic N) is 1. The number of rotatable bonds is 6. The highest BCUT2D eigenvalue weighted by Crippen LogP contribution is 2.08. The average Bonchev–Trinajstić information content (AvgIpc) is 2.69. The van der Waals surface area contributed by atoms with E-state index in [0.717, 1.165) is 0 Å². The number of methoxy groups -OCH3 is 1. The summed E-state index contributed by atoms with van der Waals surface area (Å²) in [7, 11) is -2.21. The Morgan fingerprint density at radius 1 is 1.62 bits per heavy atom. The molecule has 0 aromatic carbocycles. The monoisotopic (exact) mass is 248 g/mol. The van der Waals surface area contributed by atoms with Crippen molar-refractivity contribution in [1.29, 1.82) is 0 Å². The molecule has 0 fully saturated rings. The summed E-state index contributed by atoms with van der Waals surface area (Å²) in [5.74, 6) is -0.590. The van der Waals surface area contributed by atoms with Crippen LogP contribution in [-0.2, 0) is 19.6 Å². The predicted octanol–water partition coefficient (Wildman–Crippen LogP) is 0.369. The predicted molar refractivity (Wildman–Crippen MR) is 55.2 cm³/mol. The summed E-state index contributed by atoms with van der Waals surface area (Å²) in [6, 6.07) is 0. The zero-order chi connectivity index (χ0) is 12.0. The molecule has 7 nitrogen and oxygen atoms in total. The number of esters is 1. The lowest BCUT2D eigenvalue weighted by atomic mass is 10.3. The van der Waals surface area contributed by atoms with Gasteiger partial charge in [-0.3, -0.25) is 9.52 Å². The van der Waals surface area contributed by atoms with E-state index in [0.29, 0.717) is 0 Å². The molecule has 1 aromatic heterocycles. The smallest absolute Gasteiger partial charge is 0.305 e. The summed E-state index contributed by atoms with van der Waals surface area (Å²) >= 11 is 0. The number of ether oxygens (including phenoxy) is 1. The van der Waals surface area contributed by atoms with Gasteiger partial charge in [0.15, 0.2) is 0 Å². The van der Waals surface area contributed by atoms with Crippen molar-refractivity contribution in [3.05, 3.63) is 12.5 Å². The summed E-state index contributed by atoms with van der Waals surface area (Å²) in [4.78, 5) is 10.8. The lowest BCUT2D eigenvalue weighted by Crippen LogP contribution is -2.17. The van der Waals surface area contributed by atoms with Crippen LogP contribution in [0.15, 0.2) is 17.0 Å². The molecule has 16 heavy (non-hydrogen) atoms. The van der Waals surface area contributed by atoms with Gasteiger partial charge in [0.25, 0.3) is 0 Å². The fourth-order valence-corrected chi connectivity index (χ4v) is 2.08.